The zero-order chi connectivity index (χ0) is 12.1. The van der Waals surface area contributed by atoms with E-state index in [1.807, 2.05) is 0 Å². The van der Waals surface area contributed by atoms with E-state index in [9.17, 15) is 10.2 Å². The van der Waals surface area contributed by atoms with Gasteiger partial charge >= 0.3 is 0 Å². The molecule has 0 aliphatic carbocycles. The van der Waals surface area contributed by atoms with E-state index in [0.29, 0.717) is 5.56 Å². The average molecular weight is 226 g/mol. The lowest BCUT2D eigenvalue weighted by Crippen LogP contribution is -2.09. The first-order valence-corrected chi connectivity index (χ1v) is 4.66. The molecule has 3 N–H and O–H groups in total. The number of ether oxygens (including phenoxy) is 2. The van der Waals surface area contributed by atoms with Crippen LogP contribution in [0.15, 0.2) is 25.0 Å². The van der Waals surface area contributed by atoms with Crippen molar-refractivity contribution < 1.29 is 24.8 Å². The molecular formula is C11H14O5. The maximum Gasteiger partial charge on any atom is 0.200 e. The third kappa shape index (κ3) is 3.06. The first-order valence-electron chi connectivity index (χ1n) is 4.66. The maximum absolute atomic E-state index is 9.24. The molecule has 0 saturated carbocycles. The number of aromatic hydroxyl groups is 3. The van der Waals surface area contributed by atoms with Gasteiger partial charge in [0.2, 0.25) is 0 Å². The summed E-state index contributed by atoms with van der Waals surface area (Å²) in [5.41, 5.74) is 0.521. The van der Waals surface area contributed by atoms with Gasteiger partial charge in [-0.1, -0.05) is 6.58 Å². The Morgan fingerprint density at radius 1 is 1.31 bits per heavy atom. The molecule has 5 nitrogen and oxygen atoms in total. The summed E-state index contributed by atoms with van der Waals surface area (Å²) in [6.45, 7) is 5.20. The molecule has 0 aromatic heterocycles. The van der Waals surface area contributed by atoms with Crippen molar-refractivity contribution in [3.63, 3.8) is 0 Å². The van der Waals surface area contributed by atoms with Crippen LogP contribution in [0.1, 0.15) is 12.5 Å². The van der Waals surface area contributed by atoms with Crippen LogP contribution in [0.25, 0.3) is 0 Å². The second-order valence-electron chi connectivity index (χ2n) is 3.16. The van der Waals surface area contributed by atoms with Crippen LogP contribution in [0.2, 0.25) is 0 Å². The van der Waals surface area contributed by atoms with Crippen molar-refractivity contribution in [2.45, 2.75) is 19.8 Å². The van der Waals surface area contributed by atoms with Crippen LogP contribution in [-0.4, -0.2) is 21.6 Å². The van der Waals surface area contributed by atoms with E-state index in [0.717, 1.165) is 0 Å². The molecule has 0 radical (unpaired) electrons. The molecule has 88 valence electrons. The second-order valence-corrected chi connectivity index (χ2v) is 3.16. The van der Waals surface area contributed by atoms with E-state index in [1.54, 1.807) is 6.92 Å². The van der Waals surface area contributed by atoms with Crippen molar-refractivity contribution in [2.75, 3.05) is 0 Å². The zero-order valence-electron chi connectivity index (χ0n) is 8.88. The van der Waals surface area contributed by atoms with Crippen LogP contribution in [0.4, 0.5) is 0 Å². The van der Waals surface area contributed by atoms with Crippen LogP contribution < -0.4 is 0 Å². The fourth-order valence-electron chi connectivity index (χ4n) is 1.13. The first-order chi connectivity index (χ1) is 7.54. The standard InChI is InChI=1S/C11H14O5/c1-3-15-7(2)16-6-8-4-9(12)11(14)10(13)5-8/h3-5,7,12-14H,1,6H2,2H3. The van der Waals surface area contributed by atoms with Crippen molar-refractivity contribution in [1.82, 2.24) is 0 Å². The third-order valence-electron chi connectivity index (χ3n) is 1.90. The highest BCUT2D eigenvalue weighted by Crippen LogP contribution is 2.35. The molecule has 0 amide bonds. The topological polar surface area (TPSA) is 79.2 Å². The smallest absolute Gasteiger partial charge is 0.200 e. The quantitative estimate of drug-likeness (QED) is 0.405. The summed E-state index contributed by atoms with van der Waals surface area (Å²) in [4.78, 5) is 0. The number of phenols is 3. The van der Waals surface area contributed by atoms with Gasteiger partial charge in [-0.05, 0) is 24.6 Å². The number of hydrogen-bond acceptors (Lipinski definition) is 5. The highest BCUT2D eigenvalue weighted by Gasteiger charge is 2.09. The number of phenolic OH excluding ortho intramolecular Hbond substituents is 3. The van der Waals surface area contributed by atoms with Gasteiger partial charge in [0.05, 0.1) is 12.9 Å². The molecule has 0 saturated heterocycles. The Hall–Kier alpha value is -1.88. The summed E-state index contributed by atoms with van der Waals surface area (Å²) in [5, 5.41) is 27.6. The molecule has 0 bridgehead atoms. The van der Waals surface area contributed by atoms with E-state index in [4.69, 9.17) is 14.6 Å². The Balaban J connectivity index is 2.64. The Labute approximate surface area is 93.2 Å². The summed E-state index contributed by atoms with van der Waals surface area (Å²) < 4.78 is 10.1. The van der Waals surface area contributed by atoms with Gasteiger partial charge < -0.3 is 24.8 Å². The fraction of sp³-hybridized carbons (Fsp3) is 0.273. The maximum atomic E-state index is 9.24. The van der Waals surface area contributed by atoms with Crippen LogP contribution in [0.3, 0.4) is 0 Å². The Morgan fingerprint density at radius 3 is 2.38 bits per heavy atom. The van der Waals surface area contributed by atoms with E-state index < -0.39 is 23.5 Å². The SMILES string of the molecule is C=COC(C)OCc1cc(O)c(O)c(O)c1. The van der Waals surface area contributed by atoms with E-state index in [1.165, 1.54) is 18.4 Å². The van der Waals surface area contributed by atoms with E-state index >= 15 is 0 Å². The summed E-state index contributed by atoms with van der Waals surface area (Å²) in [6.07, 6.45) is 0.784. The van der Waals surface area contributed by atoms with Crippen LogP contribution >= 0.6 is 0 Å². The summed E-state index contributed by atoms with van der Waals surface area (Å²) in [6, 6.07) is 2.60. The van der Waals surface area contributed by atoms with Crippen molar-refractivity contribution in [1.29, 1.82) is 0 Å². The number of benzene rings is 1. The molecule has 0 fully saturated rings. The van der Waals surface area contributed by atoms with E-state index in [-0.39, 0.29) is 6.61 Å². The highest BCUT2D eigenvalue weighted by atomic mass is 16.7. The molecule has 1 rings (SSSR count). The lowest BCUT2D eigenvalue weighted by Gasteiger charge is -2.12. The molecular weight excluding hydrogens is 212 g/mol. The molecule has 1 atom stereocenters. The average Bonchev–Trinajstić information content (AvgIpc) is 2.23. The molecule has 1 unspecified atom stereocenters. The molecule has 5 heteroatoms. The van der Waals surface area contributed by atoms with Gasteiger partial charge in [-0.2, -0.15) is 0 Å². The minimum atomic E-state index is -0.542. The van der Waals surface area contributed by atoms with Crippen molar-refractivity contribution in [3.05, 3.63) is 30.5 Å². The first kappa shape index (κ1) is 12.2. The normalized spacial score (nSPS) is 12.1. The lowest BCUT2D eigenvalue weighted by atomic mass is 10.2. The summed E-state index contributed by atoms with van der Waals surface area (Å²) in [7, 11) is 0. The molecule has 1 aromatic rings. The van der Waals surface area contributed by atoms with Gasteiger partial charge in [-0.25, -0.2) is 0 Å². The largest absolute Gasteiger partial charge is 0.504 e. The van der Waals surface area contributed by atoms with E-state index in [2.05, 4.69) is 6.58 Å². The van der Waals surface area contributed by atoms with Crippen molar-refractivity contribution >= 4 is 0 Å². The predicted molar refractivity (Wildman–Crippen MR) is 57.0 cm³/mol. The molecule has 16 heavy (non-hydrogen) atoms. The van der Waals surface area contributed by atoms with Crippen LogP contribution in [-0.2, 0) is 16.1 Å². The Kier molecular flexibility index (Phi) is 4.02. The number of hydrogen-bond donors (Lipinski definition) is 3. The number of rotatable bonds is 5. The Bertz CT molecular complexity index is 352. The van der Waals surface area contributed by atoms with Gasteiger partial charge in [-0.15, -0.1) is 0 Å². The van der Waals surface area contributed by atoms with Crippen LogP contribution in [0.5, 0.6) is 17.2 Å². The fourth-order valence-corrected chi connectivity index (χ4v) is 1.13. The van der Waals surface area contributed by atoms with Crippen molar-refractivity contribution in [3.8, 4) is 17.2 Å². The molecule has 0 spiro atoms. The van der Waals surface area contributed by atoms with Gasteiger partial charge in [-0.3, -0.25) is 0 Å². The van der Waals surface area contributed by atoms with Crippen LogP contribution in [0, 0.1) is 0 Å². The second kappa shape index (κ2) is 5.27. The summed E-state index contributed by atoms with van der Waals surface area (Å²) >= 11 is 0. The molecule has 0 aliphatic heterocycles. The van der Waals surface area contributed by atoms with Gasteiger partial charge in [0.1, 0.15) is 0 Å². The monoisotopic (exact) mass is 226 g/mol. The minimum Gasteiger partial charge on any atom is -0.504 e. The molecule has 0 heterocycles. The minimum absolute atomic E-state index is 0.135. The molecule has 0 aliphatic rings. The van der Waals surface area contributed by atoms with Gasteiger partial charge in [0.15, 0.2) is 23.5 Å². The highest BCUT2D eigenvalue weighted by molar-refractivity contribution is 5.50. The lowest BCUT2D eigenvalue weighted by molar-refractivity contribution is -0.101. The molecule has 1 aromatic carbocycles. The van der Waals surface area contributed by atoms with Crippen molar-refractivity contribution in [2.24, 2.45) is 0 Å². The Morgan fingerprint density at radius 2 is 1.88 bits per heavy atom. The third-order valence-corrected chi connectivity index (χ3v) is 1.90. The zero-order valence-corrected chi connectivity index (χ0v) is 8.88. The van der Waals surface area contributed by atoms with Gasteiger partial charge in [0.25, 0.3) is 0 Å². The van der Waals surface area contributed by atoms with Gasteiger partial charge in [0, 0.05) is 0 Å². The predicted octanol–water partition coefficient (Wildman–Crippen LogP) is 1.83. The summed E-state index contributed by atoms with van der Waals surface area (Å²) in [5.74, 6) is -1.33.